The first-order chi connectivity index (χ1) is 6.65. The summed E-state index contributed by atoms with van der Waals surface area (Å²) in [5, 5.41) is 2.79. The molecule has 0 unspecified atom stereocenters. The van der Waals surface area contributed by atoms with Crippen LogP contribution in [-0.2, 0) is 0 Å². The van der Waals surface area contributed by atoms with Gasteiger partial charge in [-0.2, -0.15) is 0 Å². The normalized spacial score (nSPS) is 10.3. The number of nitrogens with two attached hydrogens (primary N) is 1. The average molecular weight is 200 g/mol. The number of benzene rings is 1. The van der Waals surface area contributed by atoms with Gasteiger partial charge in [0.25, 0.3) is 0 Å². The predicted octanol–water partition coefficient (Wildman–Crippen LogP) is 2.03. The molecule has 0 fully saturated rings. The van der Waals surface area contributed by atoms with Crippen LogP contribution < -0.4 is 11.1 Å². The first-order valence-electron chi connectivity index (χ1n) is 4.54. The molecule has 0 spiro atoms. The van der Waals surface area contributed by atoms with Crippen molar-refractivity contribution in [2.75, 3.05) is 18.4 Å². The third kappa shape index (κ3) is 2.67. The number of nitrogens with one attached hydrogen (secondary N) is 1. The van der Waals surface area contributed by atoms with Crippen molar-refractivity contribution in [3.63, 3.8) is 0 Å². The van der Waals surface area contributed by atoms with Crippen molar-refractivity contribution < 1.29 is 8.78 Å². The number of hydrogen-bond donors (Lipinski definition) is 2. The smallest absolute Gasteiger partial charge is 0.146 e. The molecule has 0 saturated carbocycles. The van der Waals surface area contributed by atoms with E-state index in [0.29, 0.717) is 18.7 Å². The quantitative estimate of drug-likeness (QED) is 0.730. The van der Waals surface area contributed by atoms with E-state index in [4.69, 9.17) is 5.73 Å². The Morgan fingerprint density at radius 1 is 1.29 bits per heavy atom. The molecular formula is C10H14F2N2. The zero-order chi connectivity index (χ0) is 10.6. The lowest BCUT2D eigenvalue weighted by Crippen LogP contribution is -2.09. The number of halogens is 2. The van der Waals surface area contributed by atoms with Crippen molar-refractivity contribution in [3.8, 4) is 0 Å². The Kier molecular flexibility index (Phi) is 3.83. The molecule has 1 aromatic carbocycles. The maximum Gasteiger partial charge on any atom is 0.146 e. The summed E-state index contributed by atoms with van der Waals surface area (Å²) in [6.45, 7) is 2.61. The van der Waals surface area contributed by atoms with Crippen LogP contribution in [0.1, 0.15) is 12.0 Å². The number of aryl methyl sites for hydroxylation is 1. The molecule has 0 bridgehead atoms. The van der Waals surface area contributed by atoms with Gasteiger partial charge in [0.1, 0.15) is 11.6 Å². The van der Waals surface area contributed by atoms with Gasteiger partial charge in [-0.25, -0.2) is 8.78 Å². The van der Waals surface area contributed by atoms with Gasteiger partial charge in [-0.1, -0.05) is 0 Å². The molecule has 0 aliphatic rings. The average Bonchev–Trinajstić information content (AvgIpc) is 2.14. The Bertz CT molecular complexity index is 313. The number of rotatable bonds is 4. The van der Waals surface area contributed by atoms with Crippen LogP contribution in [0, 0.1) is 18.6 Å². The Labute approximate surface area is 82.1 Å². The van der Waals surface area contributed by atoms with Gasteiger partial charge < -0.3 is 11.1 Å². The van der Waals surface area contributed by atoms with Crippen LogP contribution >= 0.6 is 0 Å². The molecule has 14 heavy (non-hydrogen) atoms. The van der Waals surface area contributed by atoms with Crippen LogP contribution in [0.3, 0.4) is 0 Å². The third-order valence-electron chi connectivity index (χ3n) is 1.94. The highest BCUT2D eigenvalue weighted by atomic mass is 19.1. The van der Waals surface area contributed by atoms with Crippen LogP contribution in [0.2, 0.25) is 0 Å². The number of anilines is 1. The first kappa shape index (κ1) is 10.9. The maximum atomic E-state index is 13.2. The van der Waals surface area contributed by atoms with Gasteiger partial charge in [0.15, 0.2) is 0 Å². The minimum atomic E-state index is -0.430. The molecule has 0 amide bonds. The van der Waals surface area contributed by atoms with Gasteiger partial charge in [-0.3, -0.25) is 0 Å². The minimum absolute atomic E-state index is 0.196. The molecule has 0 heterocycles. The van der Waals surface area contributed by atoms with Gasteiger partial charge in [0, 0.05) is 12.6 Å². The van der Waals surface area contributed by atoms with Crippen LogP contribution in [0.4, 0.5) is 14.5 Å². The second-order valence-electron chi connectivity index (χ2n) is 3.15. The zero-order valence-corrected chi connectivity index (χ0v) is 8.11. The minimum Gasteiger partial charge on any atom is -0.383 e. The Hall–Kier alpha value is -1.16. The van der Waals surface area contributed by atoms with Crippen LogP contribution in [0.25, 0.3) is 0 Å². The molecular weight excluding hydrogens is 186 g/mol. The third-order valence-corrected chi connectivity index (χ3v) is 1.94. The largest absolute Gasteiger partial charge is 0.383 e. The summed E-state index contributed by atoms with van der Waals surface area (Å²) in [6.07, 6.45) is 0.731. The summed E-state index contributed by atoms with van der Waals surface area (Å²) < 4.78 is 26.2. The zero-order valence-electron chi connectivity index (χ0n) is 8.11. The topological polar surface area (TPSA) is 38.0 Å². The van der Waals surface area contributed by atoms with E-state index in [0.717, 1.165) is 6.42 Å². The predicted molar refractivity (Wildman–Crippen MR) is 53.3 cm³/mol. The van der Waals surface area contributed by atoms with E-state index in [1.807, 2.05) is 0 Å². The van der Waals surface area contributed by atoms with E-state index in [1.54, 1.807) is 0 Å². The van der Waals surface area contributed by atoms with Gasteiger partial charge in [0.2, 0.25) is 0 Å². The summed E-state index contributed by atoms with van der Waals surface area (Å²) in [4.78, 5) is 0. The van der Waals surface area contributed by atoms with Crippen LogP contribution in [-0.4, -0.2) is 13.1 Å². The standard InChI is InChI=1S/C10H14F2N2/c1-7-5-9(12)10(6-8(7)11)14-4-2-3-13/h5-6,14H,2-4,13H2,1H3. The molecule has 3 N–H and O–H groups in total. The van der Waals surface area contributed by atoms with Crippen molar-refractivity contribution in [1.82, 2.24) is 0 Å². The molecule has 4 heteroatoms. The van der Waals surface area contributed by atoms with E-state index < -0.39 is 11.6 Å². The number of hydrogen-bond acceptors (Lipinski definition) is 2. The SMILES string of the molecule is Cc1cc(F)c(NCCCN)cc1F. The fourth-order valence-corrected chi connectivity index (χ4v) is 1.11. The molecule has 0 atom stereocenters. The molecule has 0 saturated heterocycles. The van der Waals surface area contributed by atoms with Gasteiger partial charge >= 0.3 is 0 Å². The van der Waals surface area contributed by atoms with E-state index in [9.17, 15) is 8.78 Å². The highest BCUT2D eigenvalue weighted by molar-refractivity contribution is 5.46. The van der Waals surface area contributed by atoms with Crippen LogP contribution in [0.5, 0.6) is 0 Å². The van der Waals surface area contributed by atoms with Crippen molar-refractivity contribution >= 4 is 5.69 Å². The Balaban J connectivity index is 2.72. The lowest BCUT2D eigenvalue weighted by Gasteiger charge is -2.07. The molecule has 0 aliphatic carbocycles. The van der Waals surface area contributed by atoms with Gasteiger partial charge in [0.05, 0.1) is 5.69 Å². The Morgan fingerprint density at radius 2 is 2.00 bits per heavy atom. The van der Waals surface area contributed by atoms with E-state index in [1.165, 1.54) is 19.1 Å². The lowest BCUT2D eigenvalue weighted by molar-refractivity contribution is 0.594. The monoisotopic (exact) mass is 200 g/mol. The Morgan fingerprint density at radius 3 is 2.64 bits per heavy atom. The summed E-state index contributed by atoms with van der Waals surface area (Å²) in [7, 11) is 0. The molecule has 78 valence electrons. The van der Waals surface area contributed by atoms with Gasteiger partial charge in [-0.05, 0) is 31.5 Å². The van der Waals surface area contributed by atoms with Gasteiger partial charge in [-0.15, -0.1) is 0 Å². The summed E-state index contributed by atoms with van der Waals surface area (Å²) in [5.41, 5.74) is 5.78. The molecule has 0 aliphatic heterocycles. The van der Waals surface area contributed by atoms with Crippen molar-refractivity contribution in [3.05, 3.63) is 29.3 Å². The van der Waals surface area contributed by atoms with Crippen LogP contribution in [0.15, 0.2) is 12.1 Å². The fourth-order valence-electron chi connectivity index (χ4n) is 1.11. The molecule has 0 radical (unpaired) electrons. The van der Waals surface area contributed by atoms with E-state index in [2.05, 4.69) is 5.32 Å². The van der Waals surface area contributed by atoms with Crippen molar-refractivity contribution in [2.45, 2.75) is 13.3 Å². The fraction of sp³-hybridized carbons (Fsp3) is 0.400. The van der Waals surface area contributed by atoms with E-state index in [-0.39, 0.29) is 5.69 Å². The maximum absolute atomic E-state index is 13.2. The molecule has 1 rings (SSSR count). The summed E-state index contributed by atoms with van der Waals surface area (Å²) in [5.74, 6) is -0.831. The second-order valence-corrected chi connectivity index (χ2v) is 3.15. The highest BCUT2D eigenvalue weighted by Crippen LogP contribution is 2.18. The summed E-state index contributed by atoms with van der Waals surface area (Å²) in [6, 6.07) is 2.35. The second kappa shape index (κ2) is 4.91. The van der Waals surface area contributed by atoms with E-state index >= 15 is 0 Å². The lowest BCUT2D eigenvalue weighted by atomic mass is 10.2. The van der Waals surface area contributed by atoms with Crippen molar-refractivity contribution in [1.29, 1.82) is 0 Å². The highest BCUT2D eigenvalue weighted by Gasteiger charge is 2.05. The van der Waals surface area contributed by atoms with Crippen molar-refractivity contribution in [2.24, 2.45) is 5.73 Å². The molecule has 0 aromatic heterocycles. The summed E-state index contributed by atoms with van der Waals surface area (Å²) >= 11 is 0. The molecule has 1 aromatic rings. The first-order valence-corrected chi connectivity index (χ1v) is 4.54. The molecule has 2 nitrogen and oxygen atoms in total.